The molecule has 0 aliphatic carbocycles. The molecule has 0 aliphatic heterocycles. The first-order valence-electron chi connectivity index (χ1n) is 5.70. The largest absolute Gasteiger partial charge is 0.390 e. The fraction of sp³-hybridized carbons (Fsp3) is 1.00. The summed E-state index contributed by atoms with van der Waals surface area (Å²) in [6.45, 7) is 5.25. The highest BCUT2D eigenvalue weighted by Gasteiger charge is 1.99. The van der Waals surface area contributed by atoms with Crippen molar-refractivity contribution < 1.29 is 5.11 Å². The summed E-state index contributed by atoms with van der Waals surface area (Å²) < 4.78 is 0. The summed E-state index contributed by atoms with van der Waals surface area (Å²) >= 11 is 0. The van der Waals surface area contributed by atoms with Gasteiger partial charge in [0.2, 0.25) is 0 Å². The van der Waals surface area contributed by atoms with Crippen LogP contribution in [0.5, 0.6) is 0 Å². The number of nitrogens with one attached hydrogen (secondary N) is 4. The summed E-state index contributed by atoms with van der Waals surface area (Å²) in [5.74, 6) is 0. The third-order valence-electron chi connectivity index (χ3n) is 2.08. The smallest absolute Gasteiger partial charge is 0.0788 e. The Labute approximate surface area is 93.0 Å². The van der Waals surface area contributed by atoms with Crippen molar-refractivity contribution in [2.75, 3.05) is 53.4 Å². The normalized spacial score (nSPS) is 13.0. The number of hydrogen-bond donors (Lipinski definition) is 5. The molecule has 92 valence electrons. The second kappa shape index (κ2) is 11.9. The van der Waals surface area contributed by atoms with E-state index >= 15 is 0 Å². The van der Waals surface area contributed by atoms with E-state index in [0.717, 1.165) is 32.6 Å². The van der Waals surface area contributed by atoms with E-state index in [4.69, 9.17) is 0 Å². The molecule has 5 heteroatoms. The molecule has 0 amide bonds. The number of hydrogen-bond acceptors (Lipinski definition) is 5. The maximum atomic E-state index is 9.37. The van der Waals surface area contributed by atoms with E-state index in [0.29, 0.717) is 13.1 Å². The van der Waals surface area contributed by atoms with Crippen LogP contribution in [-0.2, 0) is 0 Å². The van der Waals surface area contributed by atoms with E-state index in [1.54, 1.807) is 0 Å². The van der Waals surface area contributed by atoms with Crippen LogP contribution in [0.4, 0.5) is 0 Å². The monoisotopic (exact) mass is 218 g/mol. The molecule has 0 aromatic rings. The summed E-state index contributed by atoms with van der Waals surface area (Å²) in [7, 11) is 3.80. The molecular formula is C10H26N4O. The summed E-state index contributed by atoms with van der Waals surface area (Å²) in [6, 6.07) is 0. The highest BCUT2D eigenvalue weighted by molar-refractivity contribution is 4.61. The van der Waals surface area contributed by atoms with Crippen molar-refractivity contribution >= 4 is 0 Å². The molecule has 0 heterocycles. The molecule has 0 bridgehead atoms. The zero-order valence-corrected chi connectivity index (χ0v) is 9.97. The van der Waals surface area contributed by atoms with Crippen LogP contribution in [0, 0.1) is 0 Å². The molecule has 1 atom stereocenters. The second-order valence-corrected chi connectivity index (χ2v) is 3.62. The predicted octanol–water partition coefficient (Wildman–Crippen LogP) is -1.64. The molecule has 5 N–H and O–H groups in total. The van der Waals surface area contributed by atoms with Crippen molar-refractivity contribution in [3.63, 3.8) is 0 Å². The minimum absolute atomic E-state index is 0.292. The standard InChI is InChI=1S/C10H26N4O/c1-11-4-3-5-13-6-7-14-9-10(15)8-12-2/h10-15H,3-9H2,1-2H3. The molecule has 0 aliphatic rings. The minimum atomic E-state index is -0.292. The van der Waals surface area contributed by atoms with E-state index in [-0.39, 0.29) is 6.10 Å². The van der Waals surface area contributed by atoms with Gasteiger partial charge in [-0.2, -0.15) is 0 Å². The Balaban J connectivity index is 2.98. The van der Waals surface area contributed by atoms with Crippen LogP contribution in [0.3, 0.4) is 0 Å². The number of aliphatic hydroxyl groups is 1. The van der Waals surface area contributed by atoms with E-state index < -0.39 is 0 Å². The second-order valence-electron chi connectivity index (χ2n) is 3.62. The zero-order chi connectivity index (χ0) is 11.4. The maximum Gasteiger partial charge on any atom is 0.0788 e. The van der Waals surface area contributed by atoms with Crippen LogP contribution in [0.25, 0.3) is 0 Å². The average molecular weight is 218 g/mol. The molecule has 1 unspecified atom stereocenters. The fourth-order valence-electron chi connectivity index (χ4n) is 1.27. The highest BCUT2D eigenvalue weighted by Crippen LogP contribution is 1.76. The van der Waals surface area contributed by atoms with E-state index in [1.165, 1.54) is 0 Å². The number of rotatable bonds is 11. The van der Waals surface area contributed by atoms with Crippen LogP contribution in [0.1, 0.15) is 6.42 Å². The van der Waals surface area contributed by atoms with Gasteiger partial charge in [0.15, 0.2) is 0 Å². The lowest BCUT2D eigenvalue weighted by atomic mass is 10.3. The Morgan fingerprint density at radius 2 is 1.60 bits per heavy atom. The Hall–Kier alpha value is -0.200. The van der Waals surface area contributed by atoms with Gasteiger partial charge in [-0.05, 0) is 33.6 Å². The quantitative estimate of drug-likeness (QED) is 0.269. The van der Waals surface area contributed by atoms with Crippen LogP contribution in [0.15, 0.2) is 0 Å². The fourth-order valence-corrected chi connectivity index (χ4v) is 1.27. The Morgan fingerprint density at radius 3 is 2.27 bits per heavy atom. The minimum Gasteiger partial charge on any atom is -0.390 e. The van der Waals surface area contributed by atoms with Gasteiger partial charge in [0.1, 0.15) is 0 Å². The number of likely N-dealkylation sites (N-methyl/N-ethyl adjacent to an activating group) is 1. The van der Waals surface area contributed by atoms with E-state index in [2.05, 4.69) is 21.3 Å². The zero-order valence-electron chi connectivity index (χ0n) is 9.97. The van der Waals surface area contributed by atoms with Gasteiger partial charge >= 0.3 is 0 Å². The molecule has 0 fully saturated rings. The molecule has 0 saturated carbocycles. The van der Waals surface area contributed by atoms with Crippen molar-refractivity contribution in [2.45, 2.75) is 12.5 Å². The van der Waals surface area contributed by atoms with Crippen LogP contribution < -0.4 is 21.3 Å². The lowest BCUT2D eigenvalue weighted by Crippen LogP contribution is -2.37. The number of aliphatic hydroxyl groups excluding tert-OH is 1. The highest BCUT2D eigenvalue weighted by atomic mass is 16.3. The van der Waals surface area contributed by atoms with Crippen molar-refractivity contribution in [3.05, 3.63) is 0 Å². The Kier molecular flexibility index (Phi) is 11.7. The lowest BCUT2D eigenvalue weighted by molar-refractivity contribution is 0.171. The van der Waals surface area contributed by atoms with Crippen molar-refractivity contribution in [1.29, 1.82) is 0 Å². The molecule has 0 aromatic carbocycles. The summed E-state index contributed by atoms with van der Waals surface area (Å²) in [4.78, 5) is 0. The third kappa shape index (κ3) is 11.7. The van der Waals surface area contributed by atoms with Gasteiger partial charge in [-0.25, -0.2) is 0 Å². The SMILES string of the molecule is CNCCCNCCNCC(O)CNC. The lowest BCUT2D eigenvalue weighted by Gasteiger charge is -2.11. The molecule has 0 radical (unpaired) electrons. The Bertz CT molecular complexity index is 124. The van der Waals surface area contributed by atoms with Crippen LogP contribution in [-0.4, -0.2) is 64.6 Å². The molecule has 0 aromatic heterocycles. The molecule has 0 spiro atoms. The first kappa shape index (κ1) is 14.8. The topological polar surface area (TPSA) is 68.3 Å². The van der Waals surface area contributed by atoms with Crippen LogP contribution >= 0.6 is 0 Å². The van der Waals surface area contributed by atoms with Crippen molar-refractivity contribution in [1.82, 2.24) is 21.3 Å². The molecule has 15 heavy (non-hydrogen) atoms. The summed E-state index contributed by atoms with van der Waals surface area (Å²) in [6.07, 6.45) is 0.859. The van der Waals surface area contributed by atoms with Gasteiger partial charge in [0.25, 0.3) is 0 Å². The maximum absolute atomic E-state index is 9.37. The molecule has 5 nitrogen and oxygen atoms in total. The first-order valence-corrected chi connectivity index (χ1v) is 5.70. The van der Waals surface area contributed by atoms with Gasteiger partial charge in [0, 0.05) is 26.2 Å². The van der Waals surface area contributed by atoms with Gasteiger partial charge in [-0.3, -0.25) is 0 Å². The van der Waals surface area contributed by atoms with Crippen molar-refractivity contribution in [2.24, 2.45) is 0 Å². The van der Waals surface area contributed by atoms with E-state index in [1.807, 2.05) is 14.1 Å². The first-order chi connectivity index (χ1) is 7.31. The Morgan fingerprint density at radius 1 is 0.867 bits per heavy atom. The predicted molar refractivity (Wildman–Crippen MR) is 64.2 cm³/mol. The van der Waals surface area contributed by atoms with E-state index in [9.17, 15) is 5.11 Å². The summed E-state index contributed by atoms with van der Waals surface area (Å²) in [5.41, 5.74) is 0. The van der Waals surface area contributed by atoms with Gasteiger partial charge in [-0.15, -0.1) is 0 Å². The summed E-state index contributed by atoms with van der Waals surface area (Å²) in [5, 5.41) is 21.9. The van der Waals surface area contributed by atoms with Crippen LogP contribution in [0.2, 0.25) is 0 Å². The van der Waals surface area contributed by atoms with Gasteiger partial charge < -0.3 is 26.4 Å². The molecule has 0 saturated heterocycles. The van der Waals surface area contributed by atoms with Crippen molar-refractivity contribution in [3.8, 4) is 0 Å². The third-order valence-corrected chi connectivity index (χ3v) is 2.08. The molecular weight excluding hydrogens is 192 g/mol. The average Bonchev–Trinajstić information content (AvgIpc) is 2.22. The van der Waals surface area contributed by atoms with Gasteiger partial charge in [-0.1, -0.05) is 0 Å². The van der Waals surface area contributed by atoms with Gasteiger partial charge in [0.05, 0.1) is 6.10 Å². The molecule has 0 rings (SSSR count).